The van der Waals surface area contributed by atoms with Gasteiger partial charge in [-0.1, -0.05) is 22.6 Å². The lowest BCUT2D eigenvalue weighted by Gasteiger charge is -2.41. The first-order valence-corrected chi connectivity index (χ1v) is 11.1. The van der Waals surface area contributed by atoms with Crippen LogP contribution in [0.15, 0.2) is 16.3 Å². The molecule has 1 aliphatic rings. The van der Waals surface area contributed by atoms with Gasteiger partial charge < -0.3 is 31.9 Å². The standard InChI is InChI=1S/C13H16I4N2O6/c14-7-5(11(18)24)10(16)13(17,6(8(7)15)12(19)25)1-3(21)9(23)4(22)2-20/h3-4,6,9,20-23H,1-2H2,(H2,18,24)(H2,19,25). The topological polar surface area (TPSA) is 167 Å². The molecule has 8 nitrogen and oxygen atoms in total. The number of aliphatic hydroxyl groups excluding tert-OH is 4. The molecule has 0 bridgehead atoms. The molecule has 0 aromatic carbocycles. The molecule has 12 heteroatoms. The molecule has 0 spiro atoms. The summed E-state index contributed by atoms with van der Waals surface area (Å²) in [5.41, 5.74) is 11.2. The predicted octanol–water partition coefficient (Wildman–Crippen LogP) is -0.00360. The summed E-state index contributed by atoms with van der Waals surface area (Å²) in [6.45, 7) is -0.736. The van der Waals surface area contributed by atoms with Crippen LogP contribution in [0.3, 0.4) is 0 Å². The van der Waals surface area contributed by atoms with Crippen molar-refractivity contribution in [1.29, 1.82) is 0 Å². The molecule has 0 aliphatic heterocycles. The van der Waals surface area contributed by atoms with Gasteiger partial charge in [0, 0.05) is 10.7 Å². The maximum absolute atomic E-state index is 12.1. The van der Waals surface area contributed by atoms with Gasteiger partial charge in [-0.15, -0.1) is 0 Å². The number of halogens is 4. The average molecular weight is 804 g/mol. The SMILES string of the molecule is NC(=O)C1=C(I)C(I)(CC(O)C(O)C(O)CO)C(C(N)=O)C(I)=C1I. The summed E-state index contributed by atoms with van der Waals surface area (Å²) in [6.07, 6.45) is -4.84. The minimum Gasteiger partial charge on any atom is -0.394 e. The van der Waals surface area contributed by atoms with Crippen LogP contribution >= 0.6 is 90.4 Å². The van der Waals surface area contributed by atoms with Gasteiger partial charge in [-0.05, 0) is 74.2 Å². The third-order valence-electron chi connectivity index (χ3n) is 3.74. The van der Waals surface area contributed by atoms with Gasteiger partial charge in [-0.3, -0.25) is 9.59 Å². The van der Waals surface area contributed by atoms with Gasteiger partial charge in [0.05, 0.1) is 27.6 Å². The summed E-state index contributed by atoms with van der Waals surface area (Å²) in [6, 6.07) is 0. The van der Waals surface area contributed by atoms with Crippen LogP contribution < -0.4 is 11.5 Å². The fraction of sp³-hybridized carbons (Fsp3) is 0.538. The summed E-state index contributed by atoms with van der Waals surface area (Å²) in [5.74, 6) is -2.20. The van der Waals surface area contributed by atoms with E-state index in [0.29, 0.717) is 10.7 Å². The Morgan fingerprint density at radius 1 is 1.12 bits per heavy atom. The second-order valence-electron chi connectivity index (χ2n) is 5.42. The zero-order valence-electron chi connectivity index (χ0n) is 12.5. The number of aliphatic hydroxyl groups is 4. The fourth-order valence-corrected chi connectivity index (χ4v) is 7.91. The van der Waals surface area contributed by atoms with Crippen molar-refractivity contribution in [2.24, 2.45) is 17.4 Å². The summed E-state index contributed by atoms with van der Waals surface area (Å²) >= 11 is 7.64. The second-order valence-corrected chi connectivity index (χ2v) is 10.7. The summed E-state index contributed by atoms with van der Waals surface area (Å²) in [4.78, 5) is 24.0. The Labute approximate surface area is 198 Å². The highest BCUT2D eigenvalue weighted by Crippen LogP contribution is 2.55. The van der Waals surface area contributed by atoms with E-state index in [9.17, 15) is 24.9 Å². The maximum Gasteiger partial charge on any atom is 0.250 e. The normalized spacial score (nSPS) is 27.9. The number of carbonyl (C=O) groups excluding carboxylic acids is 2. The van der Waals surface area contributed by atoms with E-state index in [1.54, 1.807) is 0 Å². The van der Waals surface area contributed by atoms with Crippen molar-refractivity contribution in [3.8, 4) is 0 Å². The molecule has 0 heterocycles. The molecular formula is C13H16I4N2O6. The van der Waals surface area contributed by atoms with Crippen LogP contribution in [0, 0.1) is 5.92 Å². The van der Waals surface area contributed by atoms with Crippen molar-refractivity contribution >= 4 is 102 Å². The molecule has 5 unspecified atom stereocenters. The van der Waals surface area contributed by atoms with Crippen molar-refractivity contribution < 1.29 is 30.0 Å². The Morgan fingerprint density at radius 3 is 2.04 bits per heavy atom. The molecule has 0 radical (unpaired) electrons. The Bertz CT molecular complexity index is 640. The third-order valence-corrected chi connectivity index (χ3v) is 11.2. The van der Waals surface area contributed by atoms with E-state index in [2.05, 4.69) is 0 Å². The number of hydrogen-bond donors (Lipinski definition) is 6. The van der Waals surface area contributed by atoms with Gasteiger partial charge in [0.25, 0.3) is 5.91 Å². The number of nitrogens with two attached hydrogens (primary N) is 2. The van der Waals surface area contributed by atoms with Crippen LogP contribution in [0.2, 0.25) is 0 Å². The molecule has 0 saturated heterocycles. The van der Waals surface area contributed by atoms with Gasteiger partial charge in [0.2, 0.25) is 5.91 Å². The Hall–Kier alpha value is 1.18. The monoisotopic (exact) mass is 804 g/mol. The zero-order valence-corrected chi connectivity index (χ0v) is 21.1. The number of carbonyl (C=O) groups is 2. The first-order valence-electron chi connectivity index (χ1n) is 6.79. The number of primary amides is 2. The van der Waals surface area contributed by atoms with E-state index < -0.39 is 46.1 Å². The van der Waals surface area contributed by atoms with Crippen LogP contribution in [0.1, 0.15) is 6.42 Å². The van der Waals surface area contributed by atoms with Crippen molar-refractivity contribution in [3.63, 3.8) is 0 Å². The molecule has 1 aliphatic carbocycles. The average Bonchev–Trinajstić information content (AvgIpc) is 2.51. The van der Waals surface area contributed by atoms with Crippen LogP contribution in [-0.2, 0) is 9.59 Å². The molecule has 0 aromatic heterocycles. The number of amides is 2. The summed E-state index contributed by atoms with van der Waals surface area (Å²) < 4.78 is 0.307. The molecule has 0 saturated carbocycles. The van der Waals surface area contributed by atoms with E-state index in [4.69, 9.17) is 16.6 Å². The number of allylic oxidation sites excluding steroid dienone is 1. The maximum atomic E-state index is 12.1. The van der Waals surface area contributed by atoms with Crippen molar-refractivity contribution in [2.45, 2.75) is 28.2 Å². The van der Waals surface area contributed by atoms with E-state index >= 15 is 0 Å². The quantitative estimate of drug-likeness (QED) is 0.157. The Morgan fingerprint density at radius 2 is 1.64 bits per heavy atom. The van der Waals surface area contributed by atoms with E-state index in [1.165, 1.54) is 0 Å². The van der Waals surface area contributed by atoms with Gasteiger partial charge in [-0.25, -0.2) is 0 Å². The van der Waals surface area contributed by atoms with E-state index in [0.717, 1.165) is 0 Å². The van der Waals surface area contributed by atoms with Gasteiger partial charge in [0.15, 0.2) is 0 Å². The molecule has 2 amide bonds. The van der Waals surface area contributed by atoms with E-state index in [-0.39, 0.29) is 12.0 Å². The Kier molecular flexibility index (Phi) is 9.29. The third kappa shape index (κ3) is 4.97. The van der Waals surface area contributed by atoms with Crippen LogP contribution in [0.25, 0.3) is 0 Å². The highest BCUT2D eigenvalue weighted by Gasteiger charge is 2.51. The zero-order chi connectivity index (χ0) is 19.7. The summed E-state index contributed by atoms with van der Waals surface area (Å²) in [5, 5.41) is 38.7. The first kappa shape index (κ1) is 24.2. The first-order chi connectivity index (χ1) is 11.4. The lowest BCUT2D eigenvalue weighted by molar-refractivity contribution is -0.122. The molecular weight excluding hydrogens is 788 g/mol. The fourth-order valence-electron chi connectivity index (χ4n) is 2.44. The van der Waals surface area contributed by atoms with Gasteiger partial charge in [-0.2, -0.15) is 0 Å². The summed E-state index contributed by atoms with van der Waals surface area (Å²) in [7, 11) is 0. The highest BCUT2D eigenvalue weighted by molar-refractivity contribution is 14.1. The van der Waals surface area contributed by atoms with Crippen LogP contribution in [0.4, 0.5) is 0 Å². The minimum absolute atomic E-state index is 0.190. The second kappa shape index (κ2) is 9.59. The van der Waals surface area contributed by atoms with E-state index in [1.807, 2.05) is 90.4 Å². The Balaban J connectivity index is 3.45. The lowest BCUT2D eigenvalue weighted by Crippen LogP contribution is -2.50. The number of hydrogen-bond acceptors (Lipinski definition) is 6. The van der Waals surface area contributed by atoms with Gasteiger partial charge >= 0.3 is 0 Å². The molecule has 1 rings (SSSR count). The molecule has 8 N–H and O–H groups in total. The lowest BCUT2D eigenvalue weighted by atomic mass is 9.80. The molecule has 5 atom stereocenters. The molecule has 0 aromatic rings. The highest BCUT2D eigenvalue weighted by atomic mass is 127. The molecule has 25 heavy (non-hydrogen) atoms. The van der Waals surface area contributed by atoms with Crippen molar-refractivity contribution in [3.05, 3.63) is 16.3 Å². The molecule has 0 fully saturated rings. The predicted molar refractivity (Wildman–Crippen MR) is 124 cm³/mol. The van der Waals surface area contributed by atoms with Crippen LogP contribution in [0.5, 0.6) is 0 Å². The number of alkyl halides is 1. The molecule has 142 valence electrons. The van der Waals surface area contributed by atoms with Gasteiger partial charge in [0.1, 0.15) is 12.2 Å². The number of rotatable bonds is 7. The smallest absolute Gasteiger partial charge is 0.250 e. The van der Waals surface area contributed by atoms with Crippen molar-refractivity contribution in [2.75, 3.05) is 6.61 Å². The van der Waals surface area contributed by atoms with Crippen molar-refractivity contribution in [1.82, 2.24) is 0 Å². The minimum atomic E-state index is -1.63. The van der Waals surface area contributed by atoms with Crippen LogP contribution in [-0.4, -0.2) is 60.6 Å². The largest absolute Gasteiger partial charge is 0.394 e.